The van der Waals surface area contributed by atoms with Gasteiger partial charge in [-0.3, -0.25) is 0 Å². The molecule has 61 heavy (non-hydrogen) atoms. The fourth-order valence-corrected chi connectivity index (χ4v) is 10.1. The smallest absolute Gasteiger partial charge is 0.160 e. The highest BCUT2D eigenvalue weighted by atomic mass is 32.1. The van der Waals surface area contributed by atoms with Gasteiger partial charge in [0.2, 0.25) is 0 Å². The lowest BCUT2D eigenvalue weighted by Gasteiger charge is -2.15. The van der Waals surface area contributed by atoms with Gasteiger partial charge in [0, 0.05) is 36.9 Å². The quantitative estimate of drug-likeness (QED) is 0.124. The minimum atomic E-state index is 0.691. The van der Waals surface area contributed by atoms with Crippen LogP contribution in [-0.2, 0) is 0 Å². The normalized spacial score (nSPS) is 11.6. The van der Waals surface area contributed by atoms with Crippen molar-refractivity contribution >= 4 is 63.8 Å². The fourth-order valence-electron chi connectivity index (χ4n) is 9.02. The van der Waals surface area contributed by atoms with Crippen molar-refractivity contribution in [3.63, 3.8) is 0 Å². The maximum absolute atomic E-state index is 5.28. The molecule has 0 saturated carbocycles. The van der Waals surface area contributed by atoms with Crippen molar-refractivity contribution in [2.24, 2.45) is 0 Å². The van der Waals surface area contributed by atoms with Gasteiger partial charge in [0.05, 0.1) is 11.4 Å². The SMILES string of the molecule is c1ccc(-c2cccc(-c3cc(-c4ccc(-c5ccc6sc7ccccc7c6c5)cc4)nc(-c4ccc(-c5c6ccccc6cc6c5ccc5ccccc56)cc4)n3)c2)cc1. The van der Waals surface area contributed by atoms with Crippen molar-refractivity contribution < 1.29 is 0 Å². The molecule has 0 aliphatic heterocycles. The standard InChI is InChI=1S/C58H36N2S/c1-2-11-37(12-3-1)43-15-10-16-46(33-43)54-36-53(40-23-21-38(22-24-40)44-30-32-56-52(34-44)49-19-8-9-20-55(49)61-56)59-58(60-54)42-27-25-41(26-28-42)57-48-18-7-5-14-45(48)35-51-47-17-6-4-13-39(47)29-31-50(51)57/h1-36H. The van der Waals surface area contributed by atoms with Crippen LogP contribution in [0, 0.1) is 0 Å². The zero-order valence-corrected chi connectivity index (χ0v) is 33.9. The van der Waals surface area contributed by atoms with Crippen molar-refractivity contribution in [2.45, 2.75) is 0 Å². The number of aromatic nitrogens is 2. The molecular weight excluding hydrogens is 757 g/mol. The van der Waals surface area contributed by atoms with Crippen molar-refractivity contribution in [1.82, 2.24) is 9.97 Å². The highest BCUT2D eigenvalue weighted by Gasteiger charge is 2.16. The Morgan fingerprint density at radius 3 is 1.67 bits per heavy atom. The van der Waals surface area contributed by atoms with Gasteiger partial charge in [0.25, 0.3) is 0 Å². The molecule has 10 aromatic carbocycles. The Morgan fingerprint density at radius 1 is 0.262 bits per heavy atom. The first kappa shape index (κ1) is 35.2. The lowest BCUT2D eigenvalue weighted by Crippen LogP contribution is -1.96. The van der Waals surface area contributed by atoms with Crippen molar-refractivity contribution in [3.05, 3.63) is 218 Å². The number of benzene rings is 10. The summed E-state index contributed by atoms with van der Waals surface area (Å²) in [4.78, 5) is 10.6. The summed E-state index contributed by atoms with van der Waals surface area (Å²) in [5, 5.41) is 10.1. The van der Waals surface area contributed by atoms with Gasteiger partial charge in [-0.2, -0.15) is 0 Å². The number of hydrogen-bond donors (Lipinski definition) is 0. The van der Waals surface area contributed by atoms with Gasteiger partial charge in [-0.05, 0) is 102 Å². The number of fused-ring (bicyclic) bond motifs is 7. The number of thiophene rings is 1. The maximum Gasteiger partial charge on any atom is 0.160 e. The number of hydrogen-bond acceptors (Lipinski definition) is 3. The molecule has 3 heteroatoms. The van der Waals surface area contributed by atoms with Crippen LogP contribution in [0.1, 0.15) is 0 Å². The number of rotatable bonds is 6. The molecule has 0 spiro atoms. The third-order valence-electron chi connectivity index (χ3n) is 12.1. The Hall–Kier alpha value is -7.72. The molecule has 0 aliphatic carbocycles. The zero-order valence-electron chi connectivity index (χ0n) is 33.1. The summed E-state index contributed by atoms with van der Waals surface area (Å²) >= 11 is 1.85. The second-order valence-corrected chi connectivity index (χ2v) is 16.8. The van der Waals surface area contributed by atoms with E-state index in [0.29, 0.717) is 5.82 Å². The minimum Gasteiger partial charge on any atom is -0.228 e. The zero-order chi connectivity index (χ0) is 40.3. The summed E-state index contributed by atoms with van der Waals surface area (Å²) < 4.78 is 2.63. The summed E-state index contributed by atoms with van der Waals surface area (Å²) in [5.41, 5.74) is 11.9. The first-order valence-electron chi connectivity index (χ1n) is 20.7. The molecule has 0 unspecified atom stereocenters. The Balaban J connectivity index is 0.969. The van der Waals surface area contributed by atoms with Gasteiger partial charge >= 0.3 is 0 Å². The summed E-state index contributed by atoms with van der Waals surface area (Å²) in [5.74, 6) is 0.691. The molecular formula is C58H36N2S. The molecule has 0 N–H and O–H groups in total. The molecule has 12 aromatic rings. The van der Waals surface area contributed by atoms with Gasteiger partial charge in [0.15, 0.2) is 5.82 Å². The summed E-state index contributed by atoms with van der Waals surface area (Å²) in [6.45, 7) is 0. The molecule has 0 saturated heterocycles. The van der Waals surface area contributed by atoms with E-state index in [1.807, 2.05) is 11.3 Å². The maximum atomic E-state index is 5.28. The monoisotopic (exact) mass is 792 g/mol. The molecule has 2 aromatic heterocycles. The molecule has 0 radical (unpaired) electrons. The van der Waals surface area contributed by atoms with Crippen molar-refractivity contribution in [2.75, 3.05) is 0 Å². The fraction of sp³-hybridized carbons (Fsp3) is 0. The molecule has 284 valence electrons. The second-order valence-electron chi connectivity index (χ2n) is 15.7. The van der Waals surface area contributed by atoms with Crippen LogP contribution in [0.15, 0.2) is 218 Å². The third-order valence-corrected chi connectivity index (χ3v) is 13.2. The molecule has 0 amide bonds. The Bertz CT molecular complexity index is 3620. The van der Waals surface area contributed by atoms with Gasteiger partial charge in [0.1, 0.15) is 0 Å². The molecule has 0 atom stereocenters. The highest BCUT2D eigenvalue weighted by Crippen LogP contribution is 2.41. The van der Waals surface area contributed by atoms with Gasteiger partial charge in [-0.1, -0.05) is 182 Å². The topological polar surface area (TPSA) is 25.8 Å². The van der Waals surface area contributed by atoms with Crippen LogP contribution >= 0.6 is 11.3 Å². The Morgan fingerprint density at radius 2 is 0.836 bits per heavy atom. The van der Waals surface area contributed by atoms with Crippen molar-refractivity contribution in [1.29, 1.82) is 0 Å². The molecule has 2 nitrogen and oxygen atoms in total. The van der Waals surface area contributed by atoms with E-state index in [2.05, 4.69) is 218 Å². The van der Waals surface area contributed by atoms with E-state index < -0.39 is 0 Å². The van der Waals surface area contributed by atoms with Gasteiger partial charge in [-0.25, -0.2) is 9.97 Å². The average Bonchev–Trinajstić information content (AvgIpc) is 3.71. The van der Waals surface area contributed by atoms with Crippen LogP contribution in [0.4, 0.5) is 0 Å². The van der Waals surface area contributed by atoms with E-state index in [1.165, 1.54) is 74.7 Å². The largest absolute Gasteiger partial charge is 0.228 e. The first-order chi connectivity index (χ1) is 30.2. The van der Waals surface area contributed by atoms with E-state index in [4.69, 9.17) is 9.97 Å². The summed E-state index contributed by atoms with van der Waals surface area (Å²) in [6.07, 6.45) is 0. The predicted octanol–water partition coefficient (Wildman–Crippen LogP) is 16.3. The van der Waals surface area contributed by atoms with Crippen LogP contribution < -0.4 is 0 Å². The molecule has 0 fully saturated rings. The van der Waals surface area contributed by atoms with Crippen LogP contribution in [-0.4, -0.2) is 9.97 Å². The molecule has 0 aliphatic rings. The van der Waals surface area contributed by atoms with E-state index in [0.717, 1.165) is 39.2 Å². The molecule has 0 bridgehead atoms. The van der Waals surface area contributed by atoms with Crippen LogP contribution in [0.2, 0.25) is 0 Å². The average molecular weight is 793 g/mol. The molecule has 12 rings (SSSR count). The summed E-state index contributed by atoms with van der Waals surface area (Å²) in [6, 6.07) is 78.7. The second kappa shape index (κ2) is 14.5. The van der Waals surface area contributed by atoms with E-state index in [-0.39, 0.29) is 0 Å². The van der Waals surface area contributed by atoms with Gasteiger partial charge in [-0.15, -0.1) is 11.3 Å². The summed E-state index contributed by atoms with van der Waals surface area (Å²) in [7, 11) is 0. The number of nitrogens with zero attached hydrogens (tertiary/aromatic N) is 2. The van der Waals surface area contributed by atoms with E-state index in [9.17, 15) is 0 Å². The van der Waals surface area contributed by atoms with Gasteiger partial charge < -0.3 is 0 Å². The Labute approximate surface area is 357 Å². The lowest BCUT2D eigenvalue weighted by atomic mass is 9.89. The van der Waals surface area contributed by atoms with Crippen LogP contribution in [0.5, 0.6) is 0 Å². The lowest BCUT2D eigenvalue weighted by molar-refractivity contribution is 1.18. The van der Waals surface area contributed by atoms with Crippen molar-refractivity contribution in [3.8, 4) is 67.3 Å². The van der Waals surface area contributed by atoms with Crippen LogP contribution in [0.3, 0.4) is 0 Å². The third kappa shape index (κ3) is 6.26. The highest BCUT2D eigenvalue weighted by molar-refractivity contribution is 7.25. The Kier molecular flexibility index (Phi) is 8.39. The predicted molar refractivity (Wildman–Crippen MR) is 260 cm³/mol. The molecule has 2 heterocycles. The van der Waals surface area contributed by atoms with E-state index >= 15 is 0 Å². The van der Waals surface area contributed by atoms with E-state index in [1.54, 1.807) is 0 Å². The van der Waals surface area contributed by atoms with Crippen LogP contribution in [0.25, 0.3) is 120 Å². The first-order valence-corrected chi connectivity index (χ1v) is 21.5. The minimum absolute atomic E-state index is 0.691.